The number of hydrogen-bond acceptors (Lipinski definition) is 3. The second-order valence-electron chi connectivity index (χ2n) is 7.93. The third-order valence-electron chi connectivity index (χ3n) is 5.69. The predicted molar refractivity (Wildman–Crippen MR) is 138 cm³/mol. The summed E-state index contributed by atoms with van der Waals surface area (Å²) in [6, 6.07) is 25.8. The Kier molecular flexibility index (Phi) is 7.32. The van der Waals surface area contributed by atoms with Gasteiger partial charge in [0.1, 0.15) is 12.6 Å². The normalized spacial score (nSPS) is 12.9. The van der Waals surface area contributed by atoms with Gasteiger partial charge in [0.2, 0.25) is 5.91 Å². The number of fused-ring (bicyclic) bond motifs is 1. The summed E-state index contributed by atoms with van der Waals surface area (Å²) in [6.07, 6.45) is -0.342. The molecule has 0 saturated heterocycles. The number of halogens is 1. The van der Waals surface area contributed by atoms with Crippen LogP contribution in [-0.2, 0) is 22.2 Å². The van der Waals surface area contributed by atoms with Crippen LogP contribution in [0.4, 0.5) is 5.69 Å². The molecule has 0 aliphatic rings. The predicted octanol–water partition coefficient (Wildman–Crippen LogP) is 5.15. The van der Waals surface area contributed by atoms with Gasteiger partial charge in [-0.2, -0.15) is 0 Å². The van der Waals surface area contributed by atoms with Crippen LogP contribution in [0.5, 0.6) is 0 Å². The zero-order valence-corrected chi connectivity index (χ0v) is 20.2. The van der Waals surface area contributed by atoms with E-state index in [1.54, 1.807) is 36.4 Å². The van der Waals surface area contributed by atoms with Crippen molar-refractivity contribution in [3.63, 3.8) is 0 Å². The van der Waals surface area contributed by atoms with Crippen LogP contribution in [0.15, 0.2) is 89.8 Å². The number of hydrogen-bond donors (Lipinski definition) is 2. The van der Waals surface area contributed by atoms with Gasteiger partial charge in [-0.25, -0.2) is 4.21 Å². The van der Waals surface area contributed by atoms with Crippen LogP contribution in [0.1, 0.15) is 29.7 Å². The van der Waals surface area contributed by atoms with Crippen LogP contribution < -0.4 is 10.0 Å². The average Bonchev–Trinajstić information content (AvgIpc) is 2.86. The zero-order chi connectivity index (χ0) is 24.2. The molecule has 2 unspecified atom stereocenters. The summed E-state index contributed by atoms with van der Waals surface area (Å²) in [7, 11) is -1.76. The van der Waals surface area contributed by atoms with Gasteiger partial charge in [0, 0.05) is 16.1 Å². The number of aliphatic hydroxyl groups excluding tert-OH is 1. The van der Waals surface area contributed by atoms with Gasteiger partial charge in [0.05, 0.1) is 10.6 Å². The van der Waals surface area contributed by atoms with Crippen LogP contribution in [0.3, 0.4) is 0 Å². The Morgan fingerprint density at radius 3 is 2.38 bits per heavy atom. The van der Waals surface area contributed by atoms with E-state index in [0.717, 1.165) is 22.8 Å². The molecule has 4 aromatic rings. The minimum Gasteiger partial charge on any atom is -0.384 e. The molecule has 2 atom stereocenters. The van der Waals surface area contributed by atoms with E-state index in [-0.39, 0.29) is 6.54 Å². The summed E-state index contributed by atoms with van der Waals surface area (Å²) in [5.74, 6) is -0.633. The first-order valence-electron chi connectivity index (χ1n) is 10.9. The summed E-state index contributed by atoms with van der Waals surface area (Å²) < 4.78 is 15.2. The van der Waals surface area contributed by atoms with Gasteiger partial charge in [-0.05, 0) is 47.0 Å². The van der Waals surface area contributed by atoms with Gasteiger partial charge in [0.25, 0.3) is 0 Å². The standard InChI is InChI=1S/C27H25ClN2O3S/c1-2-18-11-14-25(23(15-18)27(32)22-9-5-6-10-24(22)28)30(17-26(29)31)34(33)21-13-12-19-7-3-4-8-20(19)16-21/h3-16,27,32H,2,17H2,1H3,(H2,29,31). The van der Waals surface area contributed by atoms with E-state index < -0.39 is 23.0 Å². The summed E-state index contributed by atoms with van der Waals surface area (Å²) in [6.45, 7) is 1.72. The Balaban J connectivity index is 1.84. The van der Waals surface area contributed by atoms with Gasteiger partial charge in [-0.1, -0.05) is 79.2 Å². The minimum absolute atomic E-state index is 0.285. The third kappa shape index (κ3) is 4.99. The fraction of sp³-hybridized carbons (Fsp3) is 0.148. The highest BCUT2D eigenvalue weighted by atomic mass is 35.5. The van der Waals surface area contributed by atoms with E-state index in [1.807, 2.05) is 55.5 Å². The summed E-state index contributed by atoms with van der Waals surface area (Å²) in [5.41, 5.74) is 8.02. The van der Waals surface area contributed by atoms with E-state index in [2.05, 4.69) is 0 Å². The number of carbonyl (C=O) groups excluding carboxylic acids is 1. The van der Waals surface area contributed by atoms with E-state index in [1.165, 1.54) is 4.31 Å². The van der Waals surface area contributed by atoms with E-state index in [9.17, 15) is 14.1 Å². The highest BCUT2D eigenvalue weighted by molar-refractivity contribution is 7.86. The number of aliphatic hydroxyl groups is 1. The lowest BCUT2D eigenvalue weighted by molar-refractivity contribution is -0.116. The molecule has 5 nitrogen and oxygen atoms in total. The van der Waals surface area contributed by atoms with Crippen molar-refractivity contribution >= 4 is 45.0 Å². The molecule has 4 aromatic carbocycles. The molecule has 0 bridgehead atoms. The van der Waals surface area contributed by atoms with Crippen molar-refractivity contribution in [1.29, 1.82) is 0 Å². The van der Waals surface area contributed by atoms with Crippen molar-refractivity contribution in [3.8, 4) is 0 Å². The fourth-order valence-corrected chi connectivity index (χ4v) is 5.41. The first kappa shape index (κ1) is 24.0. The molecule has 174 valence electrons. The Morgan fingerprint density at radius 1 is 0.971 bits per heavy atom. The maximum atomic E-state index is 13.8. The summed E-state index contributed by atoms with van der Waals surface area (Å²) >= 11 is 6.37. The number of anilines is 1. The Hall–Kier alpha value is -3.19. The SMILES string of the molecule is CCc1ccc(N(CC(N)=O)S(=O)c2ccc3ccccc3c2)c(C(O)c2ccccc2Cl)c1. The Labute approximate surface area is 206 Å². The van der Waals surface area contributed by atoms with E-state index in [4.69, 9.17) is 17.3 Å². The highest BCUT2D eigenvalue weighted by Crippen LogP contribution is 2.36. The van der Waals surface area contributed by atoms with Crippen molar-refractivity contribution in [2.45, 2.75) is 24.3 Å². The first-order chi connectivity index (χ1) is 16.4. The lowest BCUT2D eigenvalue weighted by atomic mass is 9.97. The van der Waals surface area contributed by atoms with Gasteiger partial charge in [-0.15, -0.1) is 0 Å². The molecule has 3 N–H and O–H groups in total. The molecule has 4 rings (SSSR count). The molecule has 1 amide bonds. The Bertz CT molecular complexity index is 1380. The highest BCUT2D eigenvalue weighted by Gasteiger charge is 2.26. The Morgan fingerprint density at radius 2 is 1.68 bits per heavy atom. The van der Waals surface area contributed by atoms with Crippen LogP contribution in [-0.4, -0.2) is 21.8 Å². The molecule has 0 aromatic heterocycles. The van der Waals surface area contributed by atoms with Gasteiger partial charge in [-0.3, -0.25) is 9.10 Å². The molecule has 0 aliphatic heterocycles. The molecular formula is C27H25ClN2O3S. The molecule has 0 saturated carbocycles. The number of primary amides is 1. The monoisotopic (exact) mass is 492 g/mol. The zero-order valence-electron chi connectivity index (χ0n) is 18.6. The largest absolute Gasteiger partial charge is 0.384 e. The molecule has 7 heteroatoms. The van der Waals surface area contributed by atoms with Gasteiger partial charge < -0.3 is 10.8 Å². The maximum absolute atomic E-state index is 13.8. The fourth-order valence-electron chi connectivity index (χ4n) is 3.91. The van der Waals surface area contributed by atoms with Crippen LogP contribution >= 0.6 is 11.6 Å². The summed E-state index contributed by atoms with van der Waals surface area (Å²) in [4.78, 5) is 12.5. The molecule has 0 heterocycles. The van der Waals surface area contributed by atoms with E-state index in [0.29, 0.717) is 26.7 Å². The maximum Gasteiger partial charge on any atom is 0.238 e. The van der Waals surface area contributed by atoms with Crippen molar-refractivity contribution in [2.75, 3.05) is 10.8 Å². The van der Waals surface area contributed by atoms with Crippen molar-refractivity contribution < 1.29 is 14.1 Å². The minimum atomic E-state index is -1.76. The number of rotatable bonds is 8. The third-order valence-corrected chi connectivity index (χ3v) is 7.41. The smallest absolute Gasteiger partial charge is 0.238 e. The molecule has 0 aliphatic carbocycles. The first-order valence-corrected chi connectivity index (χ1v) is 12.4. The summed E-state index contributed by atoms with van der Waals surface area (Å²) in [5, 5.41) is 13.7. The number of benzene rings is 4. The van der Waals surface area contributed by atoms with Crippen LogP contribution in [0, 0.1) is 0 Å². The van der Waals surface area contributed by atoms with Gasteiger partial charge >= 0.3 is 0 Å². The molecule has 34 heavy (non-hydrogen) atoms. The van der Waals surface area contributed by atoms with Crippen molar-refractivity contribution in [3.05, 3.63) is 107 Å². The van der Waals surface area contributed by atoms with Crippen molar-refractivity contribution in [1.82, 2.24) is 0 Å². The molecular weight excluding hydrogens is 468 g/mol. The lowest BCUT2D eigenvalue weighted by Crippen LogP contribution is -2.36. The van der Waals surface area contributed by atoms with Crippen LogP contribution in [0.25, 0.3) is 10.8 Å². The number of nitrogens with two attached hydrogens (primary N) is 1. The van der Waals surface area contributed by atoms with E-state index >= 15 is 0 Å². The van der Waals surface area contributed by atoms with Crippen molar-refractivity contribution in [2.24, 2.45) is 5.73 Å². The number of nitrogens with zero attached hydrogens (tertiary/aromatic N) is 1. The number of aryl methyl sites for hydroxylation is 1. The second-order valence-corrected chi connectivity index (χ2v) is 9.75. The number of amides is 1. The quantitative estimate of drug-likeness (QED) is 0.356. The van der Waals surface area contributed by atoms with Crippen LogP contribution in [0.2, 0.25) is 5.02 Å². The molecule has 0 radical (unpaired) electrons. The second kappa shape index (κ2) is 10.4. The topological polar surface area (TPSA) is 83.6 Å². The van der Waals surface area contributed by atoms with Gasteiger partial charge in [0.15, 0.2) is 11.0 Å². The average molecular weight is 493 g/mol. The molecule has 0 fully saturated rings. The number of carbonyl (C=O) groups is 1. The molecule has 0 spiro atoms. The lowest BCUT2D eigenvalue weighted by Gasteiger charge is -2.27.